The minimum Gasteiger partial charge on any atom is -0.361 e. The van der Waals surface area contributed by atoms with E-state index in [0.29, 0.717) is 0 Å². The SMILES string of the molecule is CCCCC1=C(C)C(OC)(c2ccc(C)cc2)C1=O. The molecule has 102 valence electrons. The third-order valence-corrected chi connectivity index (χ3v) is 4.12. The summed E-state index contributed by atoms with van der Waals surface area (Å²) in [5, 5.41) is 0. The minimum absolute atomic E-state index is 0.143. The lowest BCUT2D eigenvalue weighted by Gasteiger charge is -2.42. The Morgan fingerprint density at radius 1 is 1.16 bits per heavy atom. The lowest BCUT2D eigenvalue weighted by atomic mass is 9.67. The molecule has 1 atom stereocenters. The molecule has 0 radical (unpaired) electrons. The average molecular weight is 258 g/mol. The van der Waals surface area contributed by atoms with Crippen LogP contribution >= 0.6 is 0 Å². The first kappa shape index (κ1) is 14.0. The second-order valence-electron chi connectivity index (χ2n) is 5.29. The van der Waals surface area contributed by atoms with Crippen molar-refractivity contribution in [2.45, 2.75) is 45.6 Å². The first-order chi connectivity index (χ1) is 9.07. The lowest BCUT2D eigenvalue weighted by Crippen LogP contribution is -2.49. The van der Waals surface area contributed by atoms with Gasteiger partial charge in [0.1, 0.15) is 0 Å². The second kappa shape index (κ2) is 5.30. The summed E-state index contributed by atoms with van der Waals surface area (Å²) in [5.41, 5.74) is 3.36. The third-order valence-electron chi connectivity index (χ3n) is 4.12. The zero-order chi connectivity index (χ0) is 14.0. The fourth-order valence-corrected chi connectivity index (χ4v) is 2.86. The van der Waals surface area contributed by atoms with Gasteiger partial charge in [-0.15, -0.1) is 0 Å². The number of methoxy groups -OCH3 is 1. The van der Waals surface area contributed by atoms with Gasteiger partial charge >= 0.3 is 0 Å². The van der Waals surface area contributed by atoms with Crippen molar-refractivity contribution in [3.8, 4) is 0 Å². The van der Waals surface area contributed by atoms with Crippen LogP contribution in [0.25, 0.3) is 0 Å². The summed E-state index contributed by atoms with van der Waals surface area (Å²) in [6.45, 7) is 6.21. The van der Waals surface area contributed by atoms with Gasteiger partial charge in [-0.25, -0.2) is 0 Å². The van der Waals surface area contributed by atoms with E-state index in [2.05, 4.69) is 6.92 Å². The van der Waals surface area contributed by atoms with Gasteiger partial charge in [-0.1, -0.05) is 43.2 Å². The topological polar surface area (TPSA) is 26.3 Å². The molecule has 0 saturated carbocycles. The number of aryl methyl sites for hydroxylation is 1. The molecule has 1 aromatic rings. The fraction of sp³-hybridized carbons (Fsp3) is 0.471. The van der Waals surface area contributed by atoms with Crippen molar-refractivity contribution >= 4 is 5.78 Å². The molecule has 2 heteroatoms. The Kier molecular flexibility index (Phi) is 3.91. The second-order valence-corrected chi connectivity index (χ2v) is 5.29. The van der Waals surface area contributed by atoms with Crippen molar-refractivity contribution in [2.75, 3.05) is 7.11 Å². The van der Waals surface area contributed by atoms with Gasteiger partial charge in [0.2, 0.25) is 0 Å². The zero-order valence-electron chi connectivity index (χ0n) is 12.2. The van der Waals surface area contributed by atoms with Gasteiger partial charge in [-0.2, -0.15) is 0 Å². The van der Waals surface area contributed by atoms with Crippen molar-refractivity contribution in [2.24, 2.45) is 0 Å². The first-order valence-electron chi connectivity index (χ1n) is 6.95. The summed E-state index contributed by atoms with van der Waals surface area (Å²) in [6.07, 6.45) is 3.04. The average Bonchev–Trinajstić information content (AvgIpc) is 2.42. The number of unbranched alkanes of at least 4 members (excludes halogenated alkanes) is 1. The molecular weight excluding hydrogens is 236 g/mol. The van der Waals surface area contributed by atoms with Gasteiger partial charge in [0.15, 0.2) is 11.4 Å². The van der Waals surface area contributed by atoms with Gasteiger partial charge in [0.05, 0.1) is 0 Å². The van der Waals surface area contributed by atoms with Crippen LogP contribution in [-0.2, 0) is 15.1 Å². The molecule has 0 N–H and O–H groups in total. The molecule has 1 aliphatic rings. The van der Waals surface area contributed by atoms with E-state index in [1.54, 1.807) is 7.11 Å². The number of Topliss-reactive ketones (excluding diaryl/α,β-unsaturated/α-hetero) is 1. The minimum atomic E-state index is -0.823. The molecule has 1 aromatic carbocycles. The lowest BCUT2D eigenvalue weighted by molar-refractivity contribution is -0.138. The molecule has 0 bridgehead atoms. The number of ketones is 1. The highest BCUT2D eigenvalue weighted by Gasteiger charge is 2.52. The summed E-state index contributed by atoms with van der Waals surface area (Å²) in [5.74, 6) is 0.143. The van der Waals surface area contributed by atoms with E-state index in [-0.39, 0.29) is 5.78 Å². The Morgan fingerprint density at radius 3 is 2.26 bits per heavy atom. The Labute approximate surface area is 115 Å². The maximum absolute atomic E-state index is 12.5. The van der Waals surface area contributed by atoms with E-state index in [1.807, 2.05) is 38.1 Å². The Bertz CT molecular complexity index is 511. The molecule has 0 fully saturated rings. The molecule has 19 heavy (non-hydrogen) atoms. The van der Waals surface area contributed by atoms with Crippen LogP contribution in [0.3, 0.4) is 0 Å². The van der Waals surface area contributed by atoms with E-state index >= 15 is 0 Å². The fourth-order valence-electron chi connectivity index (χ4n) is 2.86. The molecule has 0 aliphatic heterocycles. The molecule has 0 spiro atoms. The maximum Gasteiger partial charge on any atom is 0.199 e. The van der Waals surface area contributed by atoms with Crippen LogP contribution in [0.5, 0.6) is 0 Å². The normalized spacial score (nSPS) is 22.6. The summed E-state index contributed by atoms with van der Waals surface area (Å²) < 4.78 is 5.63. The van der Waals surface area contributed by atoms with Gasteiger partial charge < -0.3 is 4.74 Å². The number of ether oxygens (including phenoxy) is 1. The van der Waals surface area contributed by atoms with Crippen molar-refractivity contribution in [3.63, 3.8) is 0 Å². The Hall–Kier alpha value is -1.41. The van der Waals surface area contributed by atoms with Crippen LogP contribution in [0.15, 0.2) is 35.4 Å². The summed E-state index contributed by atoms with van der Waals surface area (Å²) in [6, 6.07) is 8.05. The predicted molar refractivity (Wildman–Crippen MR) is 77.1 cm³/mol. The first-order valence-corrected chi connectivity index (χ1v) is 6.95. The van der Waals surface area contributed by atoms with Crippen LogP contribution in [0, 0.1) is 6.92 Å². The smallest absolute Gasteiger partial charge is 0.199 e. The number of benzene rings is 1. The highest BCUT2D eigenvalue weighted by atomic mass is 16.5. The summed E-state index contributed by atoms with van der Waals surface area (Å²) in [7, 11) is 1.62. The number of carbonyl (C=O) groups is 1. The summed E-state index contributed by atoms with van der Waals surface area (Å²) in [4.78, 5) is 12.5. The molecular formula is C17H22O2. The van der Waals surface area contributed by atoms with Gasteiger partial charge in [0.25, 0.3) is 0 Å². The van der Waals surface area contributed by atoms with Crippen LogP contribution in [0.2, 0.25) is 0 Å². The largest absolute Gasteiger partial charge is 0.361 e. The summed E-state index contributed by atoms with van der Waals surface area (Å²) >= 11 is 0. The molecule has 0 aromatic heterocycles. The van der Waals surface area contributed by atoms with Crippen molar-refractivity contribution in [1.29, 1.82) is 0 Å². The van der Waals surface area contributed by atoms with E-state index < -0.39 is 5.60 Å². The molecule has 1 unspecified atom stereocenters. The molecule has 2 nitrogen and oxygen atoms in total. The van der Waals surface area contributed by atoms with Crippen molar-refractivity contribution < 1.29 is 9.53 Å². The van der Waals surface area contributed by atoms with Crippen LogP contribution in [-0.4, -0.2) is 12.9 Å². The molecule has 0 amide bonds. The van der Waals surface area contributed by atoms with E-state index in [1.165, 1.54) is 5.56 Å². The highest BCUT2D eigenvalue weighted by molar-refractivity contribution is 6.12. The zero-order valence-corrected chi connectivity index (χ0v) is 12.2. The third kappa shape index (κ3) is 2.04. The molecule has 1 aliphatic carbocycles. The molecule has 0 heterocycles. The van der Waals surface area contributed by atoms with Crippen molar-refractivity contribution in [1.82, 2.24) is 0 Å². The van der Waals surface area contributed by atoms with E-state index in [0.717, 1.165) is 36.0 Å². The highest BCUT2D eigenvalue weighted by Crippen LogP contribution is 2.47. The standard InChI is InChI=1S/C17H22O2/c1-5-6-7-15-13(3)17(19-4,16(15)18)14-10-8-12(2)9-11-14/h8-11H,5-7H2,1-4H3. The van der Waals surface area contributed by atoms with Crippen molar-refractivity contribution in [3.05, 3.63) is 46.5 Å². The van der Waals surface area contributed by atoms with Crippen LogP contribution < -0.4 is 0 Å². The van der Waals surface area contributed by atoms with Crippen LogP contribution in [0.1, 0.15) is 44.2 Å². The Balaban J connectivity index is 2.38. The van der Waals surface area contributed by atoms with E-state index in [4.69, 9.17) is 4.74 Å². The maximum atomic E-state index is 12.5. The number of hydrogen-bond acceptors (Lipinski definition) is 2. The number of carbonyl (C=O) groups excluding carboxylic acids is 1. The van der Waals surface area contributed by atoms with Gasteiger partial charge in [-0.05, 0) is 37.8 Å². The van der Waals surface area contributed by atoms with E-state index in [9.17, 15) is 4.79 Å². The monoisotopic (exact) mass is 258 g/mol. The molecule has 0 saturated heterocycles. The van der Waals surface area contributed by atoms with Gasteiger partial charge in [0, 0.05) is 12.7 Å². The number of rotatable bonds is 5. The van der Waals surface area contributed by atoms with Gasteiger partial charge in [-0.3, -0.25) is 4.79 Å². The van der Waals surface area contributed by atoms with Crippen LogP contribution in [0.4, 0.5) is 0 Å². The quantitative estimate of drug-likeness (QED) is 0.800. The predicted octanol–water partition coefficient (Wildman–Crippen LogP) is 3.93. The number of hydrogen-bond donors (Lipinski definition) is 0. The Morgan fingerprint density at radius 2 is 1.79 bits per heavy atom. The molecule has 2 rings (SSSR count).